The summed E-state index contributed by atoms with van der Waals surface area (Å²) < 4.78 is 1.72. The standard InChI is InChI=1S/C5H5.4CH3.2ClH.Ti/c1-2-4-5-3-1;;;;;;;/h1-3H,4H2;4*1H3;2*1H;. The normalized spacial score (nSPS) is 18.3. The van der Waals surface area contributed by atoms with Gasteiger partial charge in [-0.3, -0.25) is 0 Å². The summed E-state index contributed by atoms with van der Waals surface area (Å²) in [5, 5.41) is 9.87. The van der Waals surface area contributed by atoms with E-state index >= 15 is 0 Å². The Hall–Kier alpha value is 0.774. The zero-order valence-corrected chi connectivity index (χ0v) is 11.5. The van der Waals surface area contributed by atoms with Gasteiger partial charge in [0.15, 0.2) is 0 Å². The first-order valence-corrected chi connectivity index (χ1v) is 11.0. The molecule has 0 aromatic rings. The van der Waals surface area contributed by atoms with Crippen molar-refractivity contribution in [2.24, 2.45) is 0 Å². The summed E-state index contributed by atoms with van der Waals surface area (Å²) in [6, 6.07) is 0. The molecule has 0 unspecified atom stereocenters. The van der Waals surface area contributed by atoms with E-state index < -0.39 is 15.3 Å². The molecule has 0 saturated carbocycles. The molecule has 3 heteroatoms. The molecule has 0 N–H and O–H groups in total. The van der Waals surface area contributed by atoms with Crippen LogP contribution in [0.2, 0.25) is 20.9 Å². The van der Waals surface area contributed by atoms with Crippen LogP contribution in [0, 0.1) is 0 Å². The predicted octanol–water partition coefficient (Wildman–Crippen LogP) is 4.56. The van der Waals surface area contributed by atoms with E-state index in [4.69, 9.17) is 0 Å². The fourth-order valence-corrected chi connectivity index (χ4v) is 3.84. The fraction of sp³-hybridized carbons (Fsp3) is 0.556. The Bertz CT molecular complexity index is 199. The third kappa shape index (κ3) is 4.14. The molecule has 0 nitrogen and oxygen atoms in total. The van der Waals surface area contributed by atoms with E-state index in [1.807, 2.05) is 0 Å². The van der Waals surface area contributed by atoms with E-state index in [0.717, 1.165) is 0 Å². The van der Waals surface area contributed by atoms with Crippen LogP contribution in [0.1, 0.15) is 6.42 Å². The number of allylic oxidation sites excluding steroid dienone is 4. The van der Waals surface area contributed by atoms with Crippen LogP contribution in [0.25, 0.3) is 0 Å². The molecular weight excluding hydrogens is 227 g/mol. The number of rotatable bonds is 1. The van der Waals surface area contributed by atoms with Crippen molar-refractivity contribution in [3.63, 3.8) is 0 Å². The quantitative estimate of drug-likeness (QED) is 0.595. The van der Waals surface area contributed by atoms with Crippen molar-refractivity contribution < 1.29 is 15.3 Å². The second kappa shape index (κ2) is 4.33. The summed E-state index contributed by atoms with van der Waals surface area (Å²) in [5.74, 6) is 0. The van der Waals surface area contributed by atoms with Gasteiger partial charge in [0.25, 0.3) is 0 Å². The topological polar surface area (TPSA) is 0 Å². The van der Waals surface area contributed by atoms with Crippen LogP contribution >= 0.6 is 24.8 Å². The third-order valence-electron chi connectivity index (χ3n) is 2.06. The summed E-state index contributed by atoms with van der Waals surface area (Å²) >= 11 is -2.02. The first kappa shape index (κ1) is 15.3. The molecular formula is C9H19Cl2Ti. The Balaban J connectivity index is 0. The van der Waals surface area contributed by atoms with Crippen LogP contribution < -0.4 is 0 Å². The minimum absolute atomic E-state index is 0. The number of hydrogen-bond donors (Lipinski definition) is 0. The summed E-state index contributed by atoms with van der Waals surface area (Å²) in [4.78, 5) is 0. The molecule has 1 rings (SSSR count). The molecule has 0 radical (unpaired) electrons. The molecule has 0 aromatic carbocycles. The van der Waals surface area contributed by atoms with Gasteiger partial charge in [0, 0.05) is 0 Å². The fourth-order valence-electron chi connectivity index (χ4n) is 1.19. The van der Waals surface area contributed by atoms with Crippen LogP contribution in [0.4, 0.5) is 0 Å². The predicted molar refractivity (Wildman–Crippen MR) is 59.8 cm³/mol. The summed E-state index contributed by atoms with van der Waals surface area (Å²) in [6.07, 6.45) is 7.99. The van der Waals surface area contributed by atoms with Gasteiger partial charge in [-0.2, -0.15) is 0 Å². The van der Waals surface area contributed by atoms with Crippen LogP contribution in [0.15, 0.2) is 22.1 Å². The van der Waals surface area contributed by atoms with Crippen molar-refractivity contribution in [3.05, 3.63) is 22.1 Å². The van der Waals surface area contributed by atoms with Gasteiger partial charge in [-0.05, 0) is 0 Å². The molecule has 1 aliphatic carbocycles. The number of hydrogen-bond acceptors (Lipinski definition) is 0. The summed E-state index contributed by atoms with van der Waals surface area (Å²) in [6.45, 7) is 0. The van der Waals surface area contributed by atoms with Gasteiger partial charge >= 0.3 is 64.7 Å². The van der Waals surface area contributed by atoms with E-state index in [2.05, 4.69) is 39.1 Å². The third-order valence-corrected chi connectivity index (χ3v) is 6.65. The van der Waals surface area contributed by atoms with Crippen LogP contribution in [-0.4, -0.2) is 0 Å². The SMILES string of the molecule is Cl.Cl.[CH3][Ti]([CH3])([CH3])([CH3])[C]1=CC=CC1. The summed E-state index contributed by atoms with van der Waals surface area (Å²) in [5.41, 5.74) is 0. The van der Waals surface area contributed by atoms with Crippen molar-refractivity contribution in [3.8, 4) is 0 Å². The van der Waals surface area contributed by atoms with E-state index in [1.165, 1.54) is 6.42 Å². The Morgan fingerprint density at radius 2 is 1.58 bits per heavy atom. The molecule has 0 aromatic heterocycles. The van der Waals surface area contributed by atoms with Crippen LogP contribution in [0.5, 0.6) is 0 Å². The second-order valence-corrected chi connectivity index (χ2v) is 18.8. The second-order valence-electron chi connectivity index (χ2n) is 5.32. The Morgan fingerprint density at radius 1 is 1.08 bits per heavy atom. The first-order chi connectivity index (χ1) is 4.36. The van der Waals surface area contributed by atoms with Crippen LogP contribution in [-0.2, 0) is 15.3 Å². The van der Waals surface area contributed by atoms with Gasteiger partial charge in [0.1, 0.15) is 0 Å². The van der Waals surface area contributed by atoms with Gasteiger partial charge in [0.2, 0.25) is 0 Å². The monoisotopic (exact) mass is 245 g/mol. The van der Waals surface area contributed by atoms with Crippen molar-refractivity contribution >= 4 is 24.8 Å². The molecule has 0 bridgehead atoms. The van der Waals surface area contributed by atoms with Crippen molar-refractivity contribution in [1.29, 1.82) is 0 Å². The van der Waals surface area contributed by atoms with Gasteiger partial charge in [-0.25, -0.2) is 0 Å². The first-order valence-electron chi connectivity index (χ1n) is 3.97. The Kier molecular flexibility index (Phi) is 5.50. The average molecular weight is 246 g/mol. The van der Waals surface area contributed by atoms with Gasteiger partial charge < -0.3 is 0 Å². The van der Waals surface area contributed by atoms with E-state index in [1.54, 1.807) is 3.88 Å². The molecule has 0 amide bonds. The Labute approximate surface area is 89.2 Å². The van der Waals surface area contributed by atoms with E-state index in [9.17, 15) is 0 Å². The van der Waals surface area contributed by atoms with E-state index in [-0.39, 0.29) is 24.8 Å². The maximum absolute atomic E-state index is 2.47. The zero-order valence-electron chi connectivity index (χ0n) is 8.26. The van der Waals surface area contributed by atoms with Gasteiger partial charge in [-0.15, -0.1) is 24.8 Å². The molecule has 0 fully saturated rings. The molecule has 1 aliphatic rings. The minimum atomic E-state index is -2.02. The van der Waals surface area contributed by atoms with Crippen molar-refractivity contribution in [1.82, 2.24) is 0 Å². The molecule has 0 heterocycles. The van der Waals surface area contributed by atoms with Crippen LogP contribution in [0.3, 0.4) is 0 Å². The summed E-state index contributed by atoms with van der Waals surface area (Å²) in [7, 11) is 0. The molecule has 0 saturated heterocycles. The molecule has 0 aliphatic heterocycles. The number of halogens is 2. The van der Waals surface area contributed by atoms with Gasteiger partial charge in [-0.1, -0.05) is 0 Å². The molecule has 0 spiro atoms. The maximum atomic E-state index is 2.47. The average Bonchev–Trinajstić information content (AvgIpc) is 2.04. The van der Waals surface area contributed by atoms with Gasteiger partial charge in [0.05, 0.1) is 0 Å². The van der Waals surface area contributed by atoms with Crippen molar-refractivity contribution in [2.75, 3.05) is 0 Å². The van der Waals surface area contributed by atoms with E-state index in [0.29, 0.717) is 0 Å². The molecule has 12 heavy (non-hydrogen) atoms. The molecule has 0 atom stereocenters. The Morgan fingerprint density at radius 3 is 1.75 bits per heavy atom. The zero-order chi connectivity index (χ0) is 7.85. The van der Waals surface area contributed by atoms with Crippen molar-refractivity contribution in [2.45, 2.75) is 27.3 Å². The molecule has 73 valence electrons.